The molecule has 3 rings (SSSR count). The number of nitrogens with zero attached hydrogens (tertiary/aromatic N) is 1. The minimum absolute atomic E-state index is 0.148. The van der Waals surface area contributed by atoms with Gasteiger partial charge in [0.05, 0.1) is 15.0 Å². The van der Waals surface area contributed by atoms with Gasteiger partial charge in [0.25, 0.3) is 5.91 Å². The Bertz CT molecular complexity index is 932. The average Bonchev–Trinajstić information content (AvgIpc) is 3.00. The highest BCUT2D eigenvalue weighted by atomic mass is 35.5. The van der Waals surface area contributed by atoms with Gasteiger partial charge in [-0.25, -0.2) is 0 Å². The summed E-state index contributed by atoms with van der Waals surface area (Å²) in [6, 6.07) is 13.3. The van der Waals surface area contributed by atoms with Crippen LogP contribution in [0.5, 0.6) is 5.75 Å². The molecule has 5 nitrogen and oxygen atoms in total. The Hall–Kier alpha value is -2.33. The van der Waals surface area contributed by atoms with Crippen LogP contribution >= 0.6 is 35.0 Å². The molecule has 0 aliphatic carbocycles. The van der Waals surface area contributed by atoms with E-state index in [1.165, 1.54) is 17.3 Å². The van der Waals surface area contributed by atoms with E-state index in [2.05, 4.69) is 29.7 Å². The van der Waals surface area contributed by atoms with Crippen molar-refractivity contribution < 1.29 is 9.53 Å². The lowest BCUT2D eigenvalue weighted by Crippen LogP contribution is -2.30. The lowest BCUT2D eigenvalue weighted by molar-refractivity contribution is -0.116. The SMILES string of the molecule is CCc1ccc(N[C@H]2NC(=O)/C(=C/c3cc(Cl)c(OCC#N)c(Cl)c3)S2)cc1. The zero-order valence-electron chi connectivity index (χ0n) is 15.0. The Balaban J connectivity index is 1.72. The number of hydrogen-bond acceptors (Lipinski definition) is 5. The molecule has 1 saturated heterocycles. The molecule has 1 fully saturated rings. The molecule has 0 aromatic heterocycles. The van der Waals surface area contributed by atoms with Gasteiger partial charge in [-0.15, -0.1) is 0 Å². The third-order valence-electron chi connectivity index (χ3n) is 3.99. The van der Waals surface area contributed by atoms with Crippen molar-refractivity contribution in [2.75, 3.05) is 11.9 Å². The van der Waals surface area contributed by atoms with Gasteiger partial charge < -0.3 is 15.4 Å². The number of carbonyl (C=O) groups excluding carboxylic acids is 1. The zero-order chi connectivity index (χ0) is 20.1. The number of carbonyl (C=O) groups is 1. The van der Waals surface area contributed by atoms with Crippen LogP contribution in [0.25, 0.3) is 6.08 Å². The molecule has 2 aromatic carbocycles. The van der Waals surface area contributed by atoms with Crippen molar-refractivity contribution in [3.63, 3.8) is 0 Å². The van der Waals surface area contributed by atoms with Crippen LogP contribution in [0.3, 0.4) is 0 Å². The first-order valence-electron chi connectivity index (χ1n) is 8.53. The molecule has 0 unspecified atom stereocenters. The highest BCUT2D eigenvalue weighted by Crippen LogP contribution is 2.36. The van der Waals surface area contributed by atoms with Crippen LogP contribution in [0.1, 0.15) is 18.1 Å². The number of anilines is 1. The summed E-state index contributed by atoms with van der Waals surface area (Å²) in [5.41, 5.74) is 2.59. The fraction of sp³-hybridized carbons (Fsp3) is 0.200. The van der Waals surface area contributed by atoms with E-state index < -0.39 is 0 Å². The fourth-order valence-corrected chi connectivity index (χ4v) is 4.21. The minimum Gasteiger partial charge on any atom is -0.476 e. The van der Waals surface area contributed by atoms with E-state index in [1.54, 1.807) is 18.2 Å². The quantitative estimate of drug-likeness (QED) is 0.622. The van der Waals surface area contributed by atoms with Crippen LogP contribution in [0.4, 0.5) is 5.69 Å². The molecule has 2 N–H and O–H groups in total. The first-order chi connectivity index (χ1) is 13.5. The van der Waals surface area contributed by atoms with Crippen molar-refractivity contribution in [2.45, 2.75) is 18.8 Å². The number of halogens is 2. The van der Waals surface area contributed by atoms with Crippen LogP contribution < -0.4 is 15.4 Å². The summed E-state index contributed by atoms with van der Waals surface area (Å²) in [5, 5.41) is 15.3. The summed E-state index contributed by atoms with van der Waals surface area (Å²) >= 11 is 13.7. The van der Waals surface area contributed by atoms with Gasteiger partial charge in [0.1, 0.15) is 6.07 Å². The maximum atomic E-state index is 12.3. The van der Waals surface area contributed by atoms with E-state index >= 15 is 0 Å². The Labute approximate surface area is 177 Å². The number of rotatable bonds is 6. The Morgan fingerprint density at radius 3 is 2.57 bits per heavy atom. The van der Waals surface area contributed by atoms with Crippen LogP contribution in [0, 0.1) is 11.3 Å². The van der Waals surface area contributed by atoms with Gasteiger partial charge in [-0.05, 0) is 47.9 Å². The smallest absolute Gasteiger partial charge is 0.260 e. The molecule has 28 heavy (non-hydrogen) atoms. The summed E-state index contributed by atoms with van der Waals surface area (Å²) in [6.07, 6.45) is 2.70. The number of nitrogens with one attached hydrogen (secondary N) is 2. The van der Waals surface area contributed by atoms with Gasteiger partial charge in [0.15, 0.2) is 17.9 Å². The highest BCUT2D eigenvalue weighted by Gasteiger charge is 2.27. The summed E-state index contributed by atoms with van der Waals surface area (Å²) < 4.78 is 5.22. The first kappa shape index (κ1) is 20.4. The third kappa shape index (κ3) is 4.93. The number of hydrogen-bond donors (Lipinski definition) is 2. The lowest BCUT2D eigenvalue weighted by Gasteiger charge is -2.12. The summed E-state index contributed by atoms with van der Waals surface area (Å²) in [7, 11) is 0. The number of aryl methyl sites for hydroxylation is 1. The Morgan fingerprint density at radius 1 is 1.29 bits per heavy atom. The lowest BCUT2D eigenvalue weighted by atomic mass is 10.1. The van der Waals surface area contributed by atoms with Crippen LogP contribution in [-0.2, 0) is 11.2 Å². The van der Waals surface area contributed by atoms with Crippen LogP contribution in [0.15, 0.2) is 41.3 Å². The second kappa shape index (κ2) is 9.24. The molecular weight excluding hydrogens is 417 g/mol. The van der Waals surface area contributed by atoms with Gasteiger partial charge in [0, 0.05) is 5.69 Å². The van der Waals surface area contributed by atoms with Gasteiger partial charge in [-0.1, -0.05) is 54.0 Å². The fourth-order valence-electron chi connectivity index (χ4n) is 2.61. The van der Waals surface area contributed by atoms with Crippen molar-refractivity contribution in [3.8, 4) is 11.8 Å². The number of ether oxygens (including phenoxy) is 1. The predicted molar refractivity (Wildman–Crippen MR) is 115 cm³/mol. The van der Waals surface area contributed by atoms with E-state index in [4.69, 9.17) is 33.2 Å². The number of amides is 1. The second-order valence-corrected chi connectivity index (χ2v) is 7.90. The van der Waals surface area contributed by atoms with Crippen LogP contribution in [0.2, 0.25) is 10.0 Å². The average molecular weight is 434 g/mol. The summed E-state index contributed by atoms with van der Waals surface area (Å²) in [6.45, 7) is 1.96. The van der Waals surface area contributed by atoms with Crippen molar-refractivity contribution in [2.24, 2.45) is 0 Å². The van der Waals surface area contributed by atoms with Crippen molar-refractivity contribution in [3.05, 3.63) is 62.5 Å². The molecule has 0 saturated carbocycles. The molecule has 8 heteroatoms. The van der Waals surface area contributed by atoms with E-state index in [0.717, 1.165) is 12.1 Å². The zero-order valence-corrected chi connectivity index (χ0v) is 17.3. The molecule has 1 atom stereocenters. The molecule has 0 bridgehead atoms. The van der Waals surface area contributed by atoms with E-state index in [-0.39, 0.29) is 33.8 Å². The molecule has 1 amide bonds. The molecule has 0 spiro atoms. The van der Waals surface area contributed by atoms with E-state index in [0.29, 0.717) is 10.5 Å². The summed E-state index contributed by atoms with van der Waals surface area (Å²) in [5.74, 6) is 0.0790. The molecule has 0 radical (unpaired) electrons. The predicted octanol–water partition coefficient (Wildman–Crippen LogP) is 5.06. The van der Waals surface area contributed by atoms with Gasteiger partial charge in [-0.3, -0.25) is 4.79 Å². The third-order valence-corrected chi connectivity index (χ3v) is 5.58. The molecule has 144 valence electrons. The topological polar surface area (TPSA) is 74.2 Å². The normalized spacial score (nSPS) is 17.3. The van der Waals surface area contributed by atoms with Crippen LogP contribution in [-0.4, -0.2) is 18.0 Å². The minimum atomic E-state index is -0.268. The Morgan fingerprint density at radius 2 is 1.96 bits per heavy atom. The molecular formula is C20H17Cl2N3O2S. The molecule has 1 aliphatic heterocycles. The van der Waals surface area contributed by atoms with Crippen molar-refractivity contribution >= 4 is 52.6 Å². The standard InChI is InChI=1S/C20H17Cl2N3O2S/c1-2-12-3-5-14(6-4-12)24-20-25-19(26)17(28-20)11-13-9-15(21)18(16(22)10-13)27-8-7-23/h3-6,9-11,20,24H,2,8H2,1H3,(H,25,26)/b17-11-/t20-/m0/s1. The maximum Gasteiger partial charge on any atom is 0.260 e. The second-order valence-electron chi connectivity index (χ2n) is 5.94. The van der Waals surface area contributed by atoms with Crippen molar-refractivity contribution in [1.29, 1.82) is 5.26 Å². The number of benzene rings is 2. The number of thioether (sulfide) groups is 1. The Kier molecular flexibility index (Phi) is 6.74. The monoisotopic (exact) mass is 433 g/mol. The first-order valence-corrected chi connectivity index (χ1v) is 10.2. The van der Waals surface area contributed by atoms with E-state index in [1.807, 2.05) is 18.2 Å². The van der Waals surface area contributed by atoms with Gasteiger partial charge in [0.2, 0.25) is 0 Å². The molecule has 1 aliphatic rings. The summed E-state index contributed by atoms with van der Waals surface area (Å²) in [4.78, 5) is 12.8. The molecule has 2 aromatic rings. The van der Waals surface area contributed by atoms with Gasteiger partial charge >= 0.3 is 0 Å². The van der Waals surface area contributed by atoms with E-state index in [9.17, 15) is 4.79 Å². The number of nitriles is 1. The maximum absolute atomic E-state index is 12.3. The van der Waals surface area contributed by atoms with Crippen molar-refractivity contribution in [1.82, 2.24) is 5.32 Å². The van der Waals surface area contributed by atoms with Gasteiger partial charge in [-0.2, -0.15) is 5.26 Å². The molecule has 1 heterocycles. The highest BCUT2D eigenvalue weighted by molar-refractivity contribution is 8.05. The largest absolute Gasteiger partial charge is 0.476 e.